The van der Waals surface area contributed by atoms with E-state index in [-0.39, 0.29) is 24.2 Å². The van der Waals surface area contributed by atoms with Gasteiger partial charge in [-0.2, -0.15) is 13.2 Å². The molecule has 0 bridgehead atoms. The molecule has 1 spiro atoms. The number of hydrogen-bond donors (Lipinski definition) is 0. The Morgan fingerprint density at radius 3 is 2.27 bits per heavy atom. The van der Waals surface area contributed by atoms with E-state index in [1.165, 1.54) is 17.0 Å². The zero-order valence-electron chi connectivity index (χ0n) is 16.8. The topological polar surface area (TPSA) is 43.9 Å². The summed E-state index contributed by atoms with van der Waals surface area (Å²) in [5, 5.41) is 0. The van der Waals surface area contributed by atoms with Gasteiger partial charge in [0.2, 0.25) is 11.8 Å². The molecule has 1 aliphatic carbocycles. The van der Waals surface area contributed by atoms with Crippen LogP contribution in [0.1, 0.15) is 37.7 Å². The van der Waals surface area contributed by atoms with Gasteiger partial charge in [-0.15, -0.1) is 12.4 Å². The molecule has 0 aromatic heterocycles. The highest BCUT2D eigenvalue weighted by Gasteiger charge is 2.52. The van der Waals surface area contributed by atoms with Crippen molar-refractivity contribution in [3.63, 3.8) is 0 Å². The van der Waals surface area contributed by atoms with Gasteiger partial charge in [0.15, 0.2) is 0 Å². The van der Waals surface area contributed by atoms with Gasteiger partial charge in [0.25, 0.3) is 0 Å². The molecule has 30 heavy (non-hydrogen) atoms. The Hall–Kier alpha value is -1.80. The maximum atomic E-state index is 12.9. The Bertz CT molecular complexity index is 788. The Balaban J connectivity index is 0.00000256. The first-order valence-corrected chi connectivity index (χ1v) is 10.3. The number of alkyl halides is 3. The number of rotatable bonds is 4. The molecule has 0 N–H and O–H groups in total. The number of piperazine rings is 1. The lowest BCUT2D eigenvalue weighted by molar-refractivity contribution is -0.141. The molecular weight excluding hydrogens is 419 g/mol. The van der Waals surface area contributed by atoms with Crippen LogP contribution in [0.15, 0.2) is 24.3 Å². The second-order valence-corrected chi connectivity index (χ2v) is 8.39. The number of carbonyl (C=O) groups is 2. The predicted octanol–water partition coefficient (Wildman–Crippen LogP) is 3.57. The van der Waals surface area contributed by atoms with Crippen LogP contribution >= 0.6 is 12.4 Å². The summed E-state index contributed by atoms with van der Waals surface area (Å²) < 4.78 is 38.8. The fraction of sp³-hybridized carbons (Fsp3) is 0.619. The van der Waals surface area contributed by atoms with E-state index in [9.17, 15) is 22.8 Å². The average molecular weight is 446 g/mol. The fourth-order valence-corrected chi connectivity index (χ4v) is 4.88. The monoisotopic (exact) mass is 445 g/mol. The van der Waals surface area contributed by atoms with Crippen LogP contribution < -0.4 is 4.90 Å². The molecule has 2 aliphatic heterocycles. The minimum Gasteiger partial charge on any atom is -0.369 e. The lowest BCUT2D eigenvalue weighted by Crippen LogP contribution is -2.49. The van der Waals surface area contributed by atoms with Gasteiger partial charge in [0.1, 0.15) is 0 Å². The van der Waals surface area contributed by atoms with Crippen LogP contribution in [0.4, 0.5) is 18.9 Å². The Labute approximate surface area is 180 Å². The van der Waals surface area contributed by atoms with Gasteiger partial charge in [-0.1, -0.05) is 18.9 Å². The molecule has 0 atom stereocenters. The van der Waals surface area contributed by atoms with E-state index in [1.54, 1.807) is 6.07 Å². The molecule has 5 nitrogen and oxygen atoms in total. The summed E-state index contributed by atoms with van der Waals surface area (Å²) in [6, 6.07) is 5.42. The number of carbonyl (C=O) groups excluding carboxylic acids is 2. The first-order valence-electron chi connectivity index (χ1n) is 10.3. The van der Waals surface area contributed by atoms with E-state index in [1.807, 2.05) is 4.90 Å². The first kappa shape index (κ1) is 22.9. The van der Waals surface area contributed by atoms with E-state index >= 15 is 0 Å². The normalized spacial score (nSPS) is 22.1. The maximum Gasteiger partial charge on any atom is 0.416 e. The van der Waals surface area contributed by atoms with Crippen molar-refractivity contribution in [2.24, 2.45) is 5.41 Å². The van der Waals surface area contributed by atoms with Gasteiger partial charge in [-0.3, -0.25) is 19.4 Å². The molecule has 1 saturated carbocycles. The molecule has 9 heteroatoms. The predicted molar refractivity (Wildman–Crippen MR) is 110 cm³/mol. The molecule has 2 amide bonds. The van der Waals surface area contributed by atoms with Crippen molar-refractivity contribution in [2.75, 3.05) is 44.2 Å². The number of benzene rings is 1. The van der Waals surface area contributed by atoms with Crippen LogP contribution in [-0.2, 0) is 15.8 Å². The second kappa shape index (κ2) is 8.75. The fourth-order valence-electron chi connectivity index (χ4n) is 4.88. The number of anilines is 1. The van der Waals surface area contributed by atoms with Crippen molar-refractivity contribution in [1.29, 1.82) is 0 Å². The summed E-state index contributed by atoms with van der Waals surface area (Å²) in [4.78, 5) is 30.7. The van der Waals surface area contributed by atoms with Crippen molar-refractivity contribution in [3.05, 3.63) is 29.8 Å². The molecule has 3 fully saturated rings. The minimum atomic E-state index is -4.34. The van der Waals surface area contributed by atoms with Gasteiger partial charge < -0.3 is 4.90 Å². The highest BCUT2D eigenvalue weighted by molar-refractivity contribution is 6.06. The molecule has 2 saturated heterocycles. The van der Waals surface area contributed by atoms with Crippen molar-refractivity contribution < 1.29 is 22.8 Å². The molecule has 2 heterocycles. The van der Waals surface area contributed by atoms with Gasteiger partial charge >= 0.3 is 6.18 Å². The average Bonchev–Trinajstić information content (AvgIpc) is 3.26. The third-order valence-corrected chi connectivity index (χ3v) is 6.60. The van der Waals surface area contributed by atoms with E-state index in [0.29, 0.717) is 51.4 Å². The number of hydrogen-bond acceptors (Lipinski definition) is 4. The van der Waals surface area contributed by atoms with Gasteiger partial charge in [-0.25, -0.2) is 0 Å². The van der Waals surface area contributed by atoms with Gasteiger partial charge in [0, 0.05) is 51.4 Å². The van der Waals surface area contributed by atoms with E-state index in [2.05, 4.69) is 4.90 Å². The quantitative estimate of drug-likeness (QED) is 0.665. The van der Waals surface area contributed by atoms with E-state index in [0.717, 1.165) is 31.7 Å². The van der Waals surface area contributed by atoms with Crippen molar-refractivity contribution in [1.82, 2.24) is 9.80 Å². The Morgan fingerprint density at radius 2 is 1.63 bits per heavy atom. The maximum absolute atomic E-state index is 12.9. The molecule has 4 rings (SSSR count). The van der Waals surface area contributed by atoms with Crippen LogP contribution in [0.3, 0.4) is 0 Å². The molecule has 1 aromatic carbocycles. The zero-order chi connectivity index (χ0) is 20.6. The summed E-state index contributed by atoms with van der Waals surface area (Å²) in [6.07, 6.45) is -0.305. The third-order valence-electron chi connectivity index (χ3n) is 6.60. The first-order chi connectivity index (χ1) is 13.8. The van der Waals surface area contributed by atoms with Gasteiger partial charge in [0.05, 0.1) is 11.0 Å². The van der Waals surface area contributed by atoms with Crippen LogP contribution in [-0.4, -0.2) is 60.9 Å². The summed E-state index contributed by atoms with van der Waals surface area (Å²) in [5.74, 6) is -0.0536. The molecule has 0 radical (unpaired) electrons. The smallest absolute Gasteiger partial charge is 0.369 e. The van der Waals surface area contributed by atoms with Crippen LogP contribution in [0, 0.1) is 5.41 Å². The number of amides is 2. The van der Waals surface area contributed by atoms with Crippen LogP contribution in [0.2, 0.25) is 0 Å². The summed E-state index contributed by atoms with van der Waals surface area (Å²) in [5.41, 5.74) is -0.490. The summed E-state index contributed by atoms with van der Waals surface area (Å²) in [7, 11) is 0. The molecule has 166 valence electrons. The van der Waals surface area contributed by atoms with Crippen molar-refractivity contribution in [2.45, 2.75) is 38.3 Å². The second-order valence-electron chi connectivity index (χ2n) is 8.39. The highest BCUT2D eigenvalue weighted by Crippen LogP contribution is 2.46. The third kappa shape index (κ3) is 4.44. The number of likely N-dealkylation sites (tertiary alicyclic amines) is 1. The largest absolute Gasteiger partial charge is 0.416 e. The van der Waals surface area contributed by atoms with E-state index < -0.39 is 17.2 Å². The SMILES string of the molecule is Cl.O=C1CC2(CCCC2)C(=O)N1CCN1CCN(c2cccc(C(F)(F)F)c2)CC1. The standard InChI is InChI=1S/C21H26F3N3O2.ClH/c22-21(23,24)16-4-3-5-17(14-16)26-11-8-25(9-12-26)10-13-27-18(28)15-20(19(27)29)6-1-2-7-20;/h3-5,14H,1-2,6-13,15H2;1H. The lowest BCUT2D eigenvalue weighted by atomic mass is 9.84. The molecule has 0 unspecified atom stereocenters. The molecule has 3 aliphatic rings. The highest BCUT2D eigenvalue weighted by atomic mass is 35.5. The van der Waals surface area contributed by atoms with E-state index in [4.69, 9.17) is 0 Å². The van der Waals surface area contributed by atoms with Gasteiger partial charge in [-0.05, 0) is 31.0 Å². The van der Waals surface area contributed by atoms with Crippen molar-refractivity contribution >= 4 is 29.9 Å². The summed E-state index contributed by atoms with van der Waals surface area (Å²) >= 11 is 0. The lowest BCUT2D eigenvalue weighted by Gasteiger charge is -2.36. The Kier molecular flexibility index (Phi) is 6.67. The molecule has 1 aromatic rings. The number of imide groups is 1. The summed E-state index contributed by atoms with van der Waals surface area (Å²) in [6.45, 7) is 3.64. The Morgan fingerprint density at radius 1 is 0.967 bits per heavy atom. The number of nitrogens with zero attached hydrogens (tertiary/aromatic N) is 3. The zero-order valence-corrected chi connectivity index (χ0v) is 17.6. The minimum absolute atomic E-state index is 0. The molecular formula is C21H27ClF3N3O2. The van der Waals surface area contributed by atoms with Crippen LogP contribution in [0.25, 0.3) is 0 Å². The number of halogens is 4. The van der Waals surface area contributed by atoms with Crippen LogP contribution in [0.5, 0.6) is 0 Å². The van der Waals surface area contributed by atoms with Crippen molar-refractivity contribution in [3.8, 4) is 0 Å².